The average molecular weight is 554 g/mol. The predicted molar refractivity (Wildman–Crippen MR) is 139 cm³/mol. The Bertz CT molecular complexity index is 1470. The SMILES string of the molecule is COC(=O)c1cc(C)nc(N2C3CCC2C2C(C3)[C@@H]2OCc2c(-c3ccccc3C(F)(F)F)noc2C2CC2)c1. The second-order valence-electron chi connectivity index (χ2n) is 11.5. The van der Waals surface area contributed by atoms with Gasteiger partial charge in [0.2, 0.25) is 0 Å². The molecule has 5 atom stereocenters. The van der Waals surface area contributed by atoms with Gasteiger partial charge in [-0.15, -0.1) is 0 Å². The molecule has 2 saturated carbocycles. The lowest BCUT2D eigenvalue weighted by atomic mass is 9.99. The maximum Gasteiger partial charge on any atom is 0.417 e. The molecule has 4 aliphatic rings. The fourth-order valence-corrected chi connectivity index (χ4v) is 7.07. The Labute approximate surface area is 229 Å². The van der Waals surface area contributed by atoms with Crippen LogP contribution in [0.1, 0.15) is 71.0 Å². The number of hydrogen-bond donors (Lipinski definition) is 0. The lowest BCUT2D eigenvalue weighted by Crippen LogP contribution is -2.42. The van der Waals surface area contributed by atoms with E-state index in [1.165, 1.54) is 19.2 Å². The molecule has 1 aromatic carbocycles. The van der Waals surface area contributed by atoms with E-state index < -0.39 is 11.7 Å². The molecule has 4 heterocycles. The second kappa shape index (κ2) is 9.33. The minimum Gasteiger partial charge on any atom is -0.465 e. The van der Waals surface area contributed by atoms with Gasteiger partial charge in [0, 0.05) is 40.7 Å². The number of carbonyl (C=O) groups excluding carboxylic acids is 1. The molecule has 40 heavy (non-hydrogen) atoms. The number of piperidine rings is 1. The van der Waals surface area contributed by atoms with Crippen LogP contribution in [0.3, 0.4) is 0 Å². The van der Waals surface area contributed by atoms with Crippen LogP contribution in [-0.4, -0.2) is 41.4 Å². The van der Waals surface area contributed by atoms with Crippen molar-refractivity contribution in [1.29, 1.82) is 0 Å². The van der Waals surface area contributed by atoms with Crippen LogP contribution < -0.4 is 4.90 Å². The minimum absolute atomic E-state index is 0.00958. The number of benzene rings is 1. The average Bonchev–Trinajstić information content (AvgIpc) is 3.83. The number of rotatable bonds is 7. The number of pyridine rings is 1. The first kappa shape index (κ1) is 25.6. The molecular weight excluding hydrogens is 523 g/mol. The summed E-state index contributed by atoms with van der Waals surface area (Å²) >= 11 is 0. The molecule has 0 spiro atoms. The van der Waals surface area contributed by atoms with Gasteiger partial charge in [0.25, 0.3) is 0 Å². The van der Waals surface area contributed by atoms with E-state index in [9.17, 15) is 18.0 Å². The highest BCUT2D eigenvalue weighted by molar-refractivity contribution is 5.90. The molecule has 7 rings (SSSR count). The van der Waals surface area contributed by atoms with Gasteiger partial charge in [0.15, 0.2) is 0 Å². The molecule has 0 radical (unpaired) electrons. The van der Waals surface area contributed by atoms with Gasteiger partial charge in [-0.2, -0.15) is 13.2 Å². The Morgan fingerprint density at radius 2 is 1.95 bits per heavy atom. The Morgan fingerprint density at radius 3 is 2.70 bits per heavy atom. The first-order chi connectivity index (χ1) is 19.2. The Morgan fingerprint density at radius 1 is 1.15 bits per heavy atom. The van der Waals surface area contributed by atoms with E-state index in [1.807, 2.05) is 13.0 Å². The molecular formula is C30H30F3N3O4. The molecule has 2 saturated heterocycles. The number of anilines is 1. The molecule has 7 nitrogen and oxygen atoms in total. The monoisotopic (exact) mass is 553 g/mol. The van der Waals surface area contributed by atoms with E-state index >= 15 is 0 Å². The number of fused-ring (bicyclic) bond motifs is 4. The van der Waals surface area contributed by atoms with E-state index in [1.54, 1.807) is 12.1 Å². The van der Waals surface area contributed by atoms with E-state index in [0.29, 0.717) is 34.8 Å². The first-order valence-corrected chi connectivity index (χ1v) is 13.9. The summed E-state index contributed by atoms with van der Waals surface area (Å²) < 4.78 is 58.5. The van der Waals surface area contributed by atoms with Crippen molar-refractivity contribution < 1.29 is 32.0 Å². The van der Waals surface area contributed by atoms with Crippen LogP contribution in [-0.2, 0) is 22.3 Å². The third-order valence-corrected chi connectivity index (χ3v) is 8.99. The third-order valence-electron chi connectivity index (χ3n) is 8.99. The normalized spacial score (nSPS) is 27.0. The molecule has 10 heteroatoms. The highest BCUT2D eigenvalue weighted by Gasteiger charge is 2.63. The number of ether oxygens (including phenoxy) is 2. The van der Waals surface area contributed by atoms with E-state index in [-0.39, 0.29) is 41.9 Å². The zero-order chi connectivity index (χ0) is 27.8. The van der Waals surface area contributed by atoms with Crippen LogP contribution in [0.5, 0.6) is 0 Å². The van der Waals surface area contributed by atoms with Crippen molar-refractivity contribution >= 4 is 11.8 Å². The van der Waals surface area contributed by atoms with Gasteiger partial charge in [-0.25, -0.2) is 9.78 Å². The number of aryl methyl sites for hydroxylation is 1. The quantitative estimate of drug-likeness (QED) is 0.318. The number of aromatic nitrogens is 2. The largest absolute Gasteiger partial charge is 0.465 e. The molecule has 0 amide bonds. The van der Waals surface area contributed by atoms with Crippen LogP contribution in [0.25, 0.3) is 11.3 Å². The predicted octanol–water partition coefficient (Wildman–Crippen LogP) is 6.30. The lowest BCUT2D eigenvalue weighted by molar-refractivity contribution is -0.137. The van der Waals surface area contributed by atoms with Crippen molar-refractivity contribution in [3.8, 4) is 11.3 Å². The topological polar surface area (TPSA) is 77.7 Å². The minimum atomic E-state index is -4.50. The van der Waals surface area contributed by atoms with Crippen molar-refractivity contribution in [1.82, 2.24) is 10.1 Å². The van der Waals surface area contributed by atoms with Gasteiger partial charge >= 0.3 is 12.1 Å². The van der Waals surface area contributed by atoms with Gasteiger partial charge in [0.05, 0.1) is 30.9 Å². The van der Waals surface area contributed by atoms with Gasteiger partial charge in [-0.05, 0) is 63.1 Å². The standard InChI is InChI=1S/C30H30F3N3O4/c1-15-11-17(29(37)38-2)12-24(34-15)36-18-9-10-23(36)25-20(13-18)28(25)39-14-21-26(35-40-27(21)16-7-8-16)19-5-3-4-6-22(19)30(31,32)33/h3-6,11-12,16,18,20,23,25,28H,7-10,13-14H2,1-2H3/t18?,20?,23?,25?,28-/m0/s1. The summed E-state index contributed by atoms with van der Waals surface area (Å²) in [5.41, 5.74) is 1.40. The molecule has 2 aromatic heterocycles. The Hall–Kier alpha value is -3.40. The third kappa shape index (κ3) is 4.27. The molecule has 210 valence electrons. The van der Waals surface area contributed by atoms with Crippen LogP contribution in [0.15, 0.2) is 40.9 Å². The number of nitrogens with zero attached hydrogens (tertiary/aromatic N) is 3. The Balaban J connectivity index is 1.13. The number of esters is 1. The molecule has 2 aliphatic heterocycles. The number of alkyl halides is 3. The van der Waals surface area contributed by atoms with Gasteiger partial charge < -0.3 is 18.9 Å². The summed E-state index contributed by atoms with van der Waals surface area (Å²) in [6, 6.07) is 9.60. The van der Waals surface area contributed by atoms with Crippen LogP contribution in [0.4, 0.5) is 19.0 Å². The van der Waals surface area contributed by atoms with Gasteiger partial charge in [-0.1, -0.05) is 23.4 Å². The summed E-state index contributed by atoms with van der Waals surface area (Å²) in [5, 5.41) is 4.13. The molecule has 2 aliphatic carbocycles. The Kier molecular flexibility index (Phi) is 5.96. The van der Waals surface area contributed by atoms with Crippen molar-refractivity contribution in [2.45, 2.75) is 75.9 Å². The lowest BCUT2D eigenvalue weighted by Gasteiger charge is -2.35. The van der Waals surface area contributed by atoms with Crippen LogP contribution >= 0.6 is 0 Å². The van der Waals surface area contributed by atoms with Crippen LogP contribution in [0, 0.1) is 18.8 Å². The summed E-state index contributed by atoms with van der Waals surface area (Å²) in [6.45, 7) is 2.04. The molecule has 0 N–H and O–H groups in total. The maximum atomic E-state index is 13.8. The number of carbonyl (C=O) groups is 1. The number of methoxy groups -OCH3 is 1. The zero-order valence-electron chi connectivity index (χ0n) is 22.3. The number of halogens is 3. The second-order valence-corrected chi connectivity index (χ2v) is 11.5. The summed E-state index contributed by atoms with van der Waals surface area (Å²) in [7, 11) is 1.37. The highest BCUT2D eigenvalue weighted by atomic mass is 19.4. The summed E-state index contributed by atoms with van der Waals surface area (Å²) in [4.78, 5) is 19.3. The van der Waals surface area contributed by atoms with E-state index in [2.05, 4.69) is 10.1 Å². The van der Waals surface area contributed by atoms with Crippen molar-refractivity contribution in [2.24, 2.45) is 11.8 Å². The fourth-order valence-electron chi connectivity index (χ4n) is 7.07. The molecule has 4 fully saturated rings. The fraction of sp³-hybridized carbons (Fsp3) is 0.500. The molecule has 2 bridgehead atoms. The van der Waals surface area contributed by atoms with E-state index in [0.717, 1.165) is 49.7 Å². The maximum absolute atomic E-state index is 13.8. The summed E-state index contributed by atoms with van der Waals surface area (Å²) in [6.07, 6.45) is 0.412. The smallest absolute Gasteiger partial charge is 0.417 e. The molecule has 3 aromatic rings. The van der Waals surface area contributed by atoms with Crippen LogP contribution in [0.2, 0.25) is 0 Å². The first-order valence-electron chi connectivity index (χ1n) is 13.9. The molecule has 4 unspecified atom stereocenters. The van der Waals surface area contributed by atoms with Crippen molar-refractivity contribution in [2.75, 3.05) is 12.0 Å². The van der Waals surface area contributed by atoms with Crippen molar-refractivity contribution in [3.63, 3.8) is 0 Å². The van der Waals surface area contributed by atoms with Gasteiger partial charge in [0.1, 0.15) is 17.3 Å². The summed E-state index contributed by atoms with van der Waals surface area (Å²) in [5.74, 6) is 1.94. The highest BCUT2D eigenvalue weighted by Crippen LogP contribution is 2.59. The number of hydrogen-bond acceptors (Lipinski definition) is 7. The zero-order valence-corrected chi connectivity index (χ0v) is 22.3. The van der Waals surface area contributed by atoms with Gasteiger partial charge in [-0.3, -0.25) is 0 Å². The van der Waals surface area contributed by atoms with Crippen molar-refractivity contribution in [3.05, 3.63) is 64.5 Å². The van der Waals surface area contributed by atoms with E-state index in [4.69, 9.17) is 19.0 Å².